The molecule has 0 radical (unpaired) electrons. The van der Waals surface area contributed by atoms with Crippen molar-refractivity contribution in [3.05, 3.63) is 81.1 Å². The van der Waals surface area contributed by atoms with E-state index in [2.05, 4.69) is 9.71 Å². The van der Waals surface area contributed by atoms with Crippen LogP contribution in [0.15, 0.2) is 70.6 Å². The monoisotopic (exact) mass is 579 g/mol. The summed E-state index contributed by atoms with van der Waals surface area (Å²) in [4.78, 5) is 17.8. The Bertz CT molecular complexity index is 1600. The zero-order chi connectivity index (χ0) is 26.6. The number of methoxy groups -OCH3 is 1. The Morgan fingerprint density at radius 2 is 1.70 bits per heavy atom. The van der Waals surface area contributed by atoms with Gasteiger partial charge in [-0.2, -0.15) is 4.99 Å². The van der Waals surface area contributed by atoms with Crippen molar-refractivity contribution in [3.63, 3.8) is 0 Å². The SMILES string of the molecule is CCOCCn1c(=NC(=O)c2ccc(NS(=O)(=O)c3ccc(OC)cc3)cc2)sc2c(Cl)ccc(Cl)c21. The molecule has 37 heavy (non-hydrogen) atoms. The minimum Gasteiger partial charge on any atom is -0.497 e. The molecule has 1 aromatic heterocycles. The molecule has 0 unspecified atom stereocenters. The van der Waals surface area contributed by atoms with Crippen LogP contribution in [0.2, 0.25) is 10.0 Å². The molecule has 4 aromatic rings. The number of thiazole rings is 1. The fraction of sp³-hybridized carbons (Fsp3) is 0.200. The van der Waals surface area contributed by atoms with Crippen LogP contribution in [0.4, 0.5) is 5.69 Å². The van der Waals surface area contributed by atoms with Crippen LogP contribution in [-0.4, -0.2) is 39.2 Å². The average molecular weight is 581 g/mol. The summed E-state index contributed by atoms with van der Waals surface area (Å²) in [6.45, 7) is 3.30. The molecule has 4 rings (SSSR count). The van der Waals surface area contributed by atoms with Gasteiger partial charge in [0.1, 0.15) is 5.75 Å². The lowest BCUT2D eigenvalue weighted by Crippen LogP contribution is -2.20. The van der Waals surface area contributed by atoms with E-state index in [1.165, 1.54) is 54.8 Å². The summed E-state index contributed by atoms with van der Waals surface area (Å²) in [5.74, 6) is 0.0569. The normalized spacial score (nSPS) is 12.2. The Morgan fingerprint density at radius 3 is 2.35 bits per heavy atom. The van der Waals surface area contributed by atoms with Gasteiger partial charge in [-0.15, -0.1) is 0 Å². The molecule has 8 nitrogen and oxygen atoms in total. The molecule has 12 heteroatoms. The van der Waals surface area contributed by atoms with E-state index >= 15 is 0 Å². The number of sulfonamides is 1. The van der Waals surface area contributed by atoms with Gasteiger partial charge in [-0.25, -0.2) is 8.42 Å². The van der Waals surface area contributed by atoms with E-state index in [9.17, 15) is 13.2 Å². The fourth-order valence-electron chi connectivity index (χ4n) is 3.51. The van der Waals surface area contributed by atoms with E-state index in [1.807, 2.05) is 11.5 Å². The predicted octanol–water partition coefficient (Wildman–Crippen LogP) is 5.60. The molecule has 194 valence electrons. The van der Waals surface area contributed by atoms with Gasteiger partial charge in [-0.3, -0.25) is 9.52 Å². The molecule has 1 heterocycles. The first kappa shape index (κ1) is 27.2. The Labute approximate surface area is 228 Å². The highest BCUT2D eigenvalue weighted by atomic mass is 35.5. The Kier molecular flexibility index (Phi) is 8.56. The van der Waals surface area contributed by atoms with Crippen molar-refractivity contribution in [1.29, 1.82) is 0 Å². The molecular weight excluding hydrogens is 557 g/mol. The third-order valence-corrected chi connectivity index (χ3v) is 8.58. The minimum absolute atomic E-state index is 0.0853. The van der Waals surface area contributed by atoms with Crippen molar-refractivity contribution in [3.8, 4) is 5.75 Å². The molecule has 0 saturated heterocycles. The summed E-state index contributed by atoms with van der Waals surface area (Å²) in [5.41, 5.74) is 1.28. The maximum absolute atomic E-state index is 13.0. The van der Waals surface area contributed by atoms with Crippen molar-refractivity contribution in [1.82, 2.24) is 4.57 Å². The molecule has 1 amide bonds. The lowest BCUT2D eigenvalue weighted by Gasteiger charge is -2.09. The number of carbonyl (C=O) groups excluding carboxylic acids is 1. The first-order valence-corrected chi connectivity index (χ1v) is 14.2. The molecule has 0 spiro atoms. The van der Waals surface area contributed by atoms with E-state index in [4.69, 9.17) is 32.7 Å². The molecule has 0 fully saturated rings. The number of anilines is 1. The molecule has 0 atom stereocenters. The number of halogens is 2. The number of carbonyl (C=O) groups is 1. The van der Waals surface area contributed by atoms with Crippen molar-refractivity contribution < 1.29 is 22.7 Å². The molecular formula is C25H23Cl2N3O5S2. The van der Waals surface area contributed by atoms with Crippen molar-refractivity contribution >= 4 is 66.4 Å². The number of hydrogen-bond acceptors (Lipinski definition) is 6. The lowest BCUT2D eigenvalue weighted by molar-refractivity contribution is 0.0996. The maximum Gasteiger partial charge on any atom is 0.279 e. The largest absolute Gasteiger partial charge is 0.497 e. The van der Waals surface area contributed by atoms with Crippen LogP contribution in [-0.2, 0) is 21.3 Å². The highest BCUT2D eigenvalue weighted by Crippen LogP contribution is 2.32. The summed E-state index contributed by atoms with van der Waals surface area (Å²) in [7, 11) is -2.31. The van der Waals surface area contributed by atoms with Crippen molar-refractivity contribution in [2.45, 2.75) is 18.4 Å². The number of nitrogens with zero attached hydrogens (tertiary/aromatic N) is 2. The molecule has 0 saturated carbocycles. The van der Waals surface area contributed by atoms with Crippen LogP contribution in [0, 0.1) is 0 Å². The zero-order valence-electron chi connectivity index (χ0n) is 19.9. The van der Waals surface area contributed by atoms with Crippen molar-refractivity contribution in [2.75, 3.05) is 25.0 Å². The third kappa shape index (κ3) is 6.16. The summed E-state index contributed by atoms with van der Waals surface area (Å²) in [6, 6.07) is 15.5. The van der Waals surface area contributed by atoms with Crippen LogP contribution < -0.4 is 14.3 Å². The smallest absolute Gasteiger partial charge is 0.279 e. The van der Waals surface area contributed by atoms with Crippen LogP contribution in [0.25, 0.3) is 10.2 Å². The Hall–Kier alpha value is -2.89. The second-order valence-corrected chi connectivity index (χ2v) is 11.2. The van der Waals surface area contributed by atoms with Gasteiger partial charge >= 0.3 is 0 Å². The van der Waals surface area contributed by atoms with Gasteiger partial charge in [0.15, 0.2) is 4.80 Å². The summed E-state index contributed by atoms with van der Waals surface area (Å²) < 4.78 is 40.9. The van der Waals surface area contributed by atoms with Gasteiger partial charge < -0.3 is 14.0 Å². The average Bonchev–Trinajstić information content (AvgIpc) is 3.25. The zero-order valence-corrected chi connectivity index (χ0v) is 23.0. The summed E-state index contributed by atoms with van der Waals surface area (Å²) in [6.07, 6.45) is 0. The highest BCUT2D eigenvalue weighted by Gasteiger charge is 2.16. The van der Waals surface area contributed by atoms with E-state index in [0.29, 0.717) is 57.1 Å². The maximum atomic E-state index is 13.0. The number of fused-ring (bicyclic) bond motifs is 1. The van der Waals surface area contributed by atoms with E-state index in [1.54, 1.807) is 24.3 Å². The molecule has 3 aromatic carbocycles. The Morgan fingerprint density at radius 1 is 1.03 bits per heavy atom. The number of nitrogens with one attached hydrogen (secondary N) is 1. The van der Waals surface area contributed by atoms with E-state index in [0.717, 1.165) is 4.70 Å². The highest BCUT2D eigenvalue weighted by molar-refractivity contribution is 7.92. The van der Waals surface area contributed by atoms with Gasteiger partial charge in [0.2, 0.25) is 0 Å². The topological polar surface area (TPSA) is 99.0 Å². The van der Waals surface area contributed by atoms with Crippen LogP contribution in [0.5, 0.6) is 5.75 Å². The van der Waals surface area contributed by atoms with Gasteiger partial charge in [-0.05, 0) is 67.6 Å². The minimum atomic E-state index is -3.81. The predicted molar refractivity (Wildman–Crippen MR) is 146 cm³/mol. The number of amides is 1. The second-order valence-electron chi connectivity index (χ2n) is 7.72. The first-order chi connectivity index (χ1) is 17.7. The molecule has 0 aliphatic carbocycles. The number of ether oxygens (including phenoxy) is 2. The standard InChI is InChI=1S/C25H23Cl2N3O5S2/c1-3-35-15-14-30-22-20(26)12-13-21(27)23(22)36-25(30)28-24(31)16-4-6-17(7-5-16)29-37(32,33)19-10-8-18(34-2)9-11-19/h4-13,29H,3,14-15H2,1-2H3. The third-order valence-electron chi connectivity index (χ3n) is 5.34. The van der Waals surface area contributed by atoms with Gasteiger partial charge in [0, 0.05) is 24.4 Å². The summed E-state index contributed by atoms with van der Waals surface area (Å²) in [5, 5.41) is 1.01. The summed E-state index contributed by atoms with van der Waals surface area (Å²) >= 11 is 14.1. The molecule has 0 bridgehead atoms. The molecule has 1 N–H and O–H groups in total. The van der Waals surface area contributed by atoms with Gasteiger partial charge in [0.25, 0.3) is 15.9 Å². The van der Waals surface area contributed by atoms with Crippen LogP contribution in [0.1, 0.15) is 17.3 Å². The quantitative estimate of drug-likeness (QED) is 0.260. The number of rotatable bonds is 9. The van der Waals surface area contributed by atoms with E-state index in [-0.39, 0.29) is 4.90 Å². The second kappa shape index (κ2) is 11.7. The molecule has 0 aliphatic heterocycles. The van der Waals surface area contributed by atoms with Crippen LogP contribution in [0.3, 0.4) is 0 Å². The fourth-order valence-corrected chi connectivity index (χ4v) is 6.23. The van der Waals surface area contributed by atoms with Gasteiger partial charge in [0.05, 0.1) is 38.9 Å². The van der Waals surface area contributed by atoms with E-state index < -0.39 is 15.9 Å². The first-order valence-electron chi connectivity index (χ1n) is 11.1. The number of hydrogen-bond donors (Lipinski definition) is 1. The number of aromatic nitrogens is 1. The lowest BCUT2D eigenvalue weighted by atomic mass is 10.2. The number of benzene rings is 3. The Balaban J connectivity index is 1.60. The van der Waals surface area contributed by atoms with Crippen LogP contribution >= 0.6 is 34.5 Å². The molecule has 0 aliphatic rings. The van der Waals surface area contributed by atoms with Crippen molar-refractivity contribution in [2.24, 2.45) is 4.99 Å². The van der Waals surface area contributed by atoms with Gasteiger partial charge in [-0.1, -0.05) is 34.5 Å².